The van der Waals surface area contributed by atoms with Crippen LogP contribution in [0.25, 0.3) is 5.82 Å². The van der Waals surface area contributed by atoms with Gasteiger partial charge in [-0.05, 0) is 0 Å². The van der Waals surface area contributed by atoms with E-state index in [1.165, 1.54) is 6.07 Å². The van der Waals surface area contributed by atoms with Crippen LogP contribution in [0.3, 0.4) is 0 Å². The third-order valence-corrected chi connectivity index (χ3v) is 4.81. The minimum Gasteiger partial charge on any atom is -0.392 e. The SMILES string of the molecule is CC[B-]1(CC)c2n(cc[n+]2CCO)-c2cc(=O)[nH]c([O])[n+]21. The molecule has 0 fully saturated rings. The average Bonchev–Trinajstić information content (AvgIpc) is 2.98. The molecule has 1 aliphatic rings. The second-order valence-corrected chi connectivity index (χ2v) is 5.62. The zero-order valence-corrected chi connectivity index (χ0v) is 12.2. The van der Waals surface area contributed by atoms with Gasteiger partial charge in [0, 0.05) is 0 Å². The van der Waals surface area contributed by atoms with Crippen LogP contribution in [0.5, 0.6) is 6.01 Å². The van der Waals surface area contributed by atoms with E-state index in [4.69, 9.17) is 0 Å². The molecule has 3 rings (SSSR count). The molecule has 8 heteroatoms. The van der Waals surface area contributed by atoms with Crippen molar-refractivity contribution in [2.24, 2.45) is 0 Å². The normalized spacial score (nSPS) is 15.0. The van der Waals surface area contributed by atoms with Crippen LogP contribution in [0.15, 0.2) is 23.3 Å². The van der Waals surface area contributed by atoms with Crippen LogP contribution < -0.4 is 20.3 Å². The summed E-state index contributed by atoms with van der Waals surface area (Å²) in [5.41, 5.74) is 0.601. The second kappa shape index (κ2) is 4.73. The van der Waals surface area contributed by atoms with Crippen molar-refractivity contribution in [3.8, 4) is 11.8 Å². The maximum Gasteiger partial charge on any atom is 0.399 e. The fourth-order valence-corrected chi connectivity index (χ4v) is 3.79. The third-order valence-electron chi connectivity index (χ3n) is 4.81. The van der Waals surface area contributed by atoms with Gasteiger partial charge in [-0.15, -0.1) is 12.6 Å². The zero-order valence-electron chi connectivity index (χ0n) is 12.2. The van der Waals surface area contributed by atoms with E-state index in [9.17, 15) is 15.0 Å². The molecule has 2 aromatic heterocycles. The quantitative estimate of drug-likeness (QED) is 0.555. The lowest BCUT2D eigenvalue weighted by Crippen LogP contribution is -2.75. The lowest BCUT2D eigenvalue weighted by Gasteiger charge is -2.29. The van der Waals surface area contributed by atoms with Crippen molar-refractivity contribution in [3.63, 3.8) is 0 Å². The summed E-state index contributed by atoms with van der Waals surface area (Å²) in [4.78, 5) is 14.0. The number of fused-ring (bicyclic) bond motifs is 3. The molecule has 3 heterocycles. The van der Waals surface area contributed by atoms with E-state index < -0.39 is 11.8 Å². The van der Waals surface area contributed by atoms with Gasteiger partial charge in [0.15, 0.2) is 5.82 Å². The zero-order chi connectivity index (χ0) is 15.2. The molecule has 1 aliphatic heterocycles. The van der Waals surface area contributed by atoms with Crippen molar-refractivity contribution >= 4 is 12.0 Å². The molecule has 1 radical (unpaired) electrons. The molecule has 0 saturated heterocycles. The Balaban J connectivity index is 2.38. The van der Waals surface area contributed by atoms with Gasteiger partial charge in [0.05, 0.1) is 18.4 Å². The molecule has 0 aromatic carbocycles. The number of imidazole rings is 1. The molecule has 2 aromatic rings. The Labute approximate surface area is 122 Å². The minimum absolute atomic E-state index is 0.0332. The lowest BCUT2D eigenvalue weighted by molar-refractivity contribution is -0.683. The Kier molecular flexibility index (Phi) is 3.13. The average molecular weight is 290 g/mol. The van der Waals surface area contributed by atoms with Gasteiger partial charge in [0.1, 0.15) is 18.9 Å². The molecule has 0 saturated carbocycles. The van der Waals surface area contributed by atoms with E-state index in [1.807, 2.05) is 21.5 Å². The molecule has 0 atom stereocenters. The fraction of sp³-hybridized carbons (Fsp3) is 0.462. The number of nitrogens with one attached hydrogen (secondary N) is 1. The number of rotatable bonds is 4. The largest absolute Gasteiger partial charge is 0.399 e. The molecular formula is C13H19BN4O3+. The van der Waals surface area contributed by atoms with Crippen molar-refractivity contribution in [1.82, 2.24) is 9.55 Å². The highest BCUT2D eigenvalue weighted by Gasteiger charge is 2.48. The maximum atomic E-state index is 12.4. The topological polar surface area (TPSA) is 85.7 Å². The number of hydrogen-bond donors (Lipinski definition) is 2. The smallest absolute Gasteiger partial charge is 0.392 e. The Morgan fingerprint density at radius 2 is 2.10 bits per heavy atom. The van der Waals surface area contributed by atoms with Crippen molar-refractivity contribution in [1.29, 1.82) is 0 Å². The summed E-state index contributed by atoms with van der Waals surface area (Å²) in [5, 5.41) is 21.6. The van der Waals surface area contributed by atoms with Gasteiger partial charge in [-0.25, -0.2) is 14.7 Å². The fourth-order valence-electron chi connectivity index (χ4n) is 3.79. The predicted octanol–water partition coefficient (Wildman–Crippen LogP) is -1.07. The molecule has 0 amide bonds. The van der Waals surface area contributed by atoms with Crippen LogP contribution in [0, 0.1) is 0 Å². The van der Waals surface area contributed by atoms with Crippen LogP contribution in [-0.2, 0) is 11.7 Å². The first-order valence-corrected chi connectivity index (χ1v) is 7.36. The van der Waals surface area contributed by atoms with Gasteiger partial charge in [0.2, 0.25) is 0 Å². The van der Waals surface area contributed by atoms with Crippen molar-refractivity contribution in [3.05, 3.63) is 28.8 Å². The maximum absolute atomic E-state index is 12.4. The highest BCUT2D eigenvalue weighted by molar-refractivity contribution is 6.83. The van der Waals surface area contributed by atoms with Gasteiger partial charge >= 0.3 is 11.6 Å². The number of aliphatic hydroxyl groups is 1. The number of nitrogens with zero attached hydrogens (tertiary/aromatic N) is 3. The van der Waals surface area contributed by atoms with Crippen LogP contribution in [-0.4, -0.2) is 27.5 Å². The second-order valence-electron chi connectivity index (χ2n) is 5.62. The van der Waals surface area contributed by atoms with Crippen LogP contribution in [0.2, 0.25) is 12.6 Å². The van der Waals surface area contributed by atoms with Crippen molar-refractivity contribution < 1.29 is 19.3 Å². The first kappa shape index (κ1) is 13.9. The summed E-state index contributed by atoms with van der Waals surface area (Å²) < 4.78 is 5.60. The highest BCUT2D eigenvalue weighted by atomic mass is 16.3. The van der Waals surface area contributed by atoms with E-state index in [0.717, 1.165) is 18.4 Å². The number of aromatic amines is 1. The van der Waals surface area contributed by atoms with Gasteiger partial charge in [-0.3, -0.25) is 9.36 Å². The van der Waals surface area contributed by atoms with Gasteiger partial charge < -0.3 is 9.58 Å². The first-order valence-electron chi connectivity index (χ1n) is 7.36. The first-order chi connectivity index (χ1) is 10.1. The Morgan fingerprint density at radius 3 is 2.71 bits per heavy atom. The van der Waals surface area contributed by atoms with E-state index >= 15 is 0 Å². The molecule has 111 valence electrons. The van der Waals surface area contributed by atoms with Crippen molar-refractivity contribution in [2.75, 3.05) is 6.61 Å². The number of H-pyrrole nitrogens is 1. The number of aromatic nitrogens is 4. The van der Waals surface area contributed by atoms with Crippen molar-refractivity contribution in [2.45, 2.75) is 33.0 Å². The predicted molar refractivity (Wildman–Crippen MR) is 75.7 cm³/mol. The van der Waals surface area contributed by atoms with E-state index in [-0.39, 0.29) is 12.6 Å². The third kappa shape index (κ3) is 1.68. The summed E-state index contributed by atoms with van der Waals surface area (Å²) in [5.74, 6) is 0.610. The molecule has 0 bridgehead atoms. The monoisotopic (exact) mass is 290 g/mol. The summed E-state index contributed by atoms with van der Waals surface area (Å²) in [6.07, 6.45) is 4.01. The molecule has 21 heavy (non-hydrogen) atoms. The van der Waals surface area contributed by atoms with Crippen LogP contribution in [0.4, 0.5) is 0 Å². The molecule has 7 nitrogen and oxygen atoms in total. The standard InChI is InChI=1S/C13H18BN4O3/c1-3-14(4-2)12-16(7-8-19)5-6-17(12)11-9-10(20)15-13(21)18(11)14/h5-6,9,19H,3-4,7-8H2,1-2H3/p+1. The minimum atomic E-state index is -1.30. The molecule has 0 unspecified atom stereocenters. The number of hydrogen-bond acceptors (Lipinski definition) is 2. The molecule has 0 spiro atoms. The van der Waals surface area contributed by atoms with Crippen LogP contribution in [0.1, 0.15) is 13.8 Å². The van der Waals surface area contributed by atoms with Gasteiger partial charge in [0.25, 0.3) is 6.28 Å². The lowest BCUT2D eigenvalue weighted by atomic mass is 9.31. The Morgan fingerprint density at radius 1 is 1.38 bits per heavy atom. The van der Waals surface area contributed by atoms with Gasteiger partial charge in [-0.2, -0.15) is 0 Å². The summed E-state index contributed by atoms with van der Waals surface area (Å²) in [6.45, 7) is 4.61. The Bertz CT molecular complexity index is 748. The highest BCUT2D eigenvalue weighted by Crippen LogP contribution is 2.21. The summed E-state index contributed by atoms with van der Waals surface area (Å²) in [7, 11) is 0. The molecular weight excluding hydrogens is 271 g/mol. The van der Waals surface area contributed by atoms with E-state index in [2.05, 4.69) is 18.8 Å². The van der Waals surface area contributed by atoms with E-state index in [0.29, 0.717) is 12.4 Å². The molecule has 0 aliphatic carbocycles. The van der Waals surface area contributed by atoms with Gasteiger partial charge in [-0.1, -0.05) is 13.8 Å². The molecule has 2 N–H and O–H groups in total. The Hall–Kier alpha value is -2.09. The summed E-state index contributed by atoms with van der Waals surface area (Å²) in [6, 6.07) is 1.10. The van der Waals surface area contributed by atoms with E-state index in [1.54, 1.807) is 4.48 Å². The number of aliphatic hydroxyl groups excluding tert-OH is 1. The summed E-state index contributed by atoms with van der Waals surface area (Å²) >= 11 is 0. The van der Waals surface area contributed by atoms with Crippen LogP contribution >= 0.6 is 0 Å².